The topological polar surface area (TPSA) is 31.2 Å². The predicted molar refractivity (Wildman–Crippen MR) is 83.8 cm³/mol. The number of halogens is 1. The number of fused-ring (bicyclic) bond motifs is 1. The van der Waals surface area contributed by atoms with Crippen LogP contribution in [0.15, 0.2) is 54.7 Å². The van der Waals surface area contributed by atoms with Gasteiger partial charge in [-0.25, -0.2) is 4.79 Å². The summed E-state index contributed by atoms with van der Waals surface area (Å²) in [5.41, 5.74) is 2.55. The number of methoxy groups -OCH3 is 1. The number of carbonyl (C=O) groups is 1. The lowest BCUT2D eigenvalue weighted by Crippen LogP contribution is -2.08. The first-order valence-corrected chi connectivity index (χ1v) is 6.98. The fourth-order valence-electron chi connectivity index (χ4n) is 2.47. The Morgan fingerprint density at radius 1 is 1.14 bits per heavy atom. The summed E-state index contributed by atoms with van der Waals surface area (Å²) in [6.07, 6.45) is 1.98. The quantitative estimate of drug-likeness (QED) is 0.681. The van der Waals surface area contributed by atoms with Gasteiger partial charge in [0.15, 0.2) is 0 Å². The van der Waals surface area contributed by atoms with Crippen LogP contribution in [0.5, 0.6) is 0 Å². The number of hydrogen-bond donors (Lipinski definition) is 0. The van der Waals surface area contributed by atoms with Crippen LogP contribution in [0.4, 0.5) is 0 Å². The van der Waals surface area contributed by atoms with Gasteiger partial charge in [-0.05, 0) is 29.8 Å². The van der Waals surface area contributed by atoms with Crippen molar-refractivity contribution in [3.63, 3.8) is 0 Å². The molecule has 106 valence electrons. The number of nitrogens with zero attached hydrogens (tertiary/aromatic N) is 1. The molecule has 1 aromatic heterocycles. The molecule has 3 aromatic rings. The van der Waals surface area contributed by atoms with Gasteiger partial charge in [0.2, 0.25) is 0 Å². The minimum absolute atomic E-state index is 0.319. The maximum absolute atomic E-state index is 11.8. The van der Waals surface area contributed by atoms with Gasteiger partial charge in [-0.1, -0.05) is 35.9 Å². The van der Waals surface area contributed by atoms with E-state index in [1.807, 2.05) is 48.7 Å². The maximum atomic E-state index is 11.8. The Hall–Kier alpha value is -2.26. The molecule has 0 amide bonds. The van der Waals surface area contributed by atoms with E-state index < -0.39 is 0 Å². The Morgan fingerprint density at radius 2 is 1.95 bits per heavy atom. The molecule has 21 heavy (non-hydrogen) atoms. The summed E-state index contributed by atoms with van der Waals surface area (Å²) in [5.74, 6) is -0.319. The molecule has 0 saturated heterocycles. The molecule has 3 nitrogen and oxygen atoms in total. The zero-order valence-corrected chi connectivity index (χ0v) is 12.3. The number of carbonyl (C=O) groups excluding carboxylic acids is 1. The highest BCUT2D eigenvalue weighted by molar-refractivity contribution is 6.35. The molecule has 0 bridgehead atoms. The van der Waals surface area contributed by atoms with Gasteiger partial charge < -0.3 is 9.30 Å². The molecule has 0 unspecified atom stereocenters. The van der Waals surface area contributed by atoms with Gasteiger partial charge in [-0.2, -0.15) is 0 Å². The molecular weight excluding hydrogens is 286 g/mol. The third-order valence-corrected chi connectivity index (χ3v) is 3.85. The molecule has 0 radical (unpaired) electrons. The van der Waals surface area contributed by atoms with Crippen molar-refractivity contribution in [3.05, 3.63) is 70.9 Å². The SMILES string of the molecule is COC(=O)c1ccccc1Cn1ccc2c(Cl)cccc21. The summed E-state index contributed by atoms with van der Waals surface area (Å²) in [6, 6.07) is 15.3. The zero-order valence-electron chi connectivity index (χ0n) is 11.5. The van der Waals surface area contributed by atoms with E-state index in [-0.39, 0.29) is 5.97 Å². The van der Waals surface area contributed by atoms with Crippen LogP contribution in [0.25, 0.3) is 10.9 Å². The Balaban J connectivity index is 2.04. The van der Waals surface area contributed by atoms with Gasteiger partial charge >= 0.3 is 5.97 Å². The van der Waals surface area contributed by atoms with Crippen LogP contribution in [-0.2, 0) is 11.3 Å². The van der Waals surface area contributed by atoms with E-state index in [9.17, 15) is 4.79 Å². The highest BCUT2D eigenvalue weighted by atomic mass is 35.5. The summed E-state index contributed by atoms with van der Waals surface area (Å²) in [5, 5.41) is 1.74. The molecule has 0 aliphatic heterocycles. The second-order valence-electron chi connectivity index (χ2n) is 4.77. The van der Waals surface area contributed by atoms with Crippen LogP contribution in [0, 0.1) is 0 Å². The molecule has 0 aliphatic rings. The normalized spacial score (nSPS) is 10.8. The Bertz CT molecular complexity index is 807. The number of esters is 1. The number of benzene rings is 2. The van der Waals surface area contributed by atoms with Crippen molar-refractivity contribution in [1.82, 2.24) is 4.57 Å². The van der Waals surface area contributed by atoms with Crippen LogP contribution in [0.2, 0.25) is 5.02 Å². The van der Waals surface area contributed by atoms with Crippen LogP contribution in [0.1, 0.15) is 15.9 Å². The van der Waals surface area contributed by atoms with Gasteiger partial charge in [0, 0.05) is 28.7 Å². The van der Waals surface area contributed by atoms with E-state index in [2.05, 4.69) is 4.57 Å². The van der Waals surface area contributed by atoms with Crippen LogP contribution < -0.4 is 0 Å². The molecule has 2 aromatic carbocycles. The average molecular weight is 300 g/mol. The Kier molecular flexibility index (Phi) is 3.67. The van der Waals surface area contributed by atoms with Crippen LogP contribution in [0.3, 0.4) is 0 Å². The van der Waals surface area contributed by atoms with Crippen LogP contribution >= 0.6 is 11.6 Å². The number of ether oxygens (including phenoxy) is 1. The second-order valence-corrected chi connectivity index (χ2v) is 5.17. The molecular formula is C17H14ClNO2. The largest absolute Gasteiger partial charge is 0.465 e. The highest BCUT2D eigenvalue weighted by Gasteiger charge is 2.12. The first kappa shape index (κ1) is 13.7. The Morgan fingerprint density at radius 3 is 2.76 bits per heavy atom. The molecule has 3 rings (SSSR count). The van der Waals surface area contributed by atoms with E-state index in [0.717, 1.165) is 21.5 Å². The lowest BCUT2D eigenvalue weighted by molar-refractivity contribution is 0.0599. The van der Waals surface area contributed by atoms with Gasteiger partial charge in [0.25, 0.3) is 0 Å². The molecule has 1 heterocycles. The van der Waals surface area contributed by atoms with Crippen molar-refractivity contribution >= 4 is 28.5 Å². The second kappa shape index (κ2) is 5.62. The van der Waals surface area contributed by atoms with Crippen molar-refractivity contribution in [1.29, 1.82) is 0 Å². The van der Waals surface area contributed by atoms with Crippen molar-refractivity contribution in [2.24, 2.45) is 0 Å². The predicted octanol–water partition coefficient (Wildman–Crippen LogP) is 4.13. The lowest BCUT2D eigenvalue weighted by atomic mass is 10.1. The summed E-state index contributed by atoms with van der Waals surface area (Å²) >= 11 is 6.19. The van der Waals surface area contributed by atoms with Crippen LogP contribution in [-0.4, -0.2) is 17.6 Å². The van der Waals surface area contributed by atoms with Crippen molar-refractivity contribution in [2.75, 3.05) is 7.11 Å². The zero-order chi connectivity index (χ0) is 14.8. The van der Waals surface area contributed by atoms with Gasteiger partial charge in [-0.3, -0.25) is 0 Å². The smallest absolute Gasteiger partial charge is 0.338 e. The molecule has 0 saturated carbocycles. The van der Waals surface area contributed by atoms with Crippen molar-refractivity contribution < 1.29 is 9.53 Å². The minimum atomic E-state index is -0.319. The molecule has 0 spiro atoms. The molecule has 0 atom stereocenters. The molecule has 0 fully saturated rings. The molecule has 0 N–H and O–H groups in total. The van der Waals surface area contributed by atoms with E-state index >= 15 is 0 Å². The fraction of sp³-hybridized carbons (Fsp3) is 0.118. The van der Waals surface area contributed by atoms with Crippen molar-refractivity contribution in [3.8, 4) is 0 Å². The van der Waals surface area contributed by atoms with Gasteiger partial charge in [-0.15, -0.1) is 0 Å². The number of aromatic nitrogens is 1. The summed E-state index contributed by atoms with van der Waals surface area (Å²) in [7, 11) is 1.39. The standard InChI is InChI=1S/C17H14ClNO2/c1-21-17(20)13-6-3-2-5-12(13)11-19-10-9-14-15(18)7-4-8-16(14)19/h2-10H,11H2,1H3. The number of hydrogen-bond acceptors (Lipinski definition) is 2. The Labute approximate surface area is 127 Å². The van der Waals surface area contributed by atoms with Crippen molar-refractivity contribution in [2.45, 2.75) is 6.54 Å². The molecule has 0 aliphatic carbocycles. The van der Waals surface area contributed by atoms with E-state index in [4.69, 9.17) is 16.3 Å². The first-order valence-electron chi connectivity index (χ1n) is 6.60. The fourth-order valence-corrected chi connectivity index (χ4v) is 2.71. The third-order valence-electron chi connectivity index (χ3n) is 3.52. The monoisotopic (exact) mass is 299 g/mol. The van der Waals surface area contributed by atoms with E-state index in [1.165, 1.54) is 7.11 Å². The van der Waals surface area contributed by atoms with E-state index in [1.54, 1.807) is 6.07 Å². The summed E-state index contributed by atoms with van der Waals surface area (Å²) < 4.78 is 6.91. The average Bonchev–Trinajstić information content (AvgIpc) is 2.92. The van der Waals surface area contributed by atoms with E-state index in [0.29, 0.717) is 12.1 Å². The lowest BCUT2D eigenvalue weighted by Gasteiger charge is -2.10. The first-order chi connectivity index (χ1) is 10.2. The molecule has 4 heteroatoms. The summed E-state index contributed by atoms with van der Waals surface area (Å²) in [4.78, 5) is 11.8. The maximum Gasteiger partial charge on any atom is 0.338 e. The highest BCUT2D eigenvalue weighted by Crippen LogP contribution is 2.25. The van der Waals surface area contributed by atoms with Gasteiger partial charge in [0.1, 0.15) is 0 Å². The minimum Gasteiger partial charge on any atom is -0.465 e. The summed E-state index contributed by atoms with van der Waals surface area (Å²) in [6.45, 7) is 0.592. The third kappa shape index (κ3) is 2.52. The van der Waals surface area contributed by atoms with Gasteiger partial charge in [0.05, 0.1) is 12.7 Å². The number of rotatable bonds is 3.